The summed E-state index contributed by atoms with van der Waals surface area (Å²) < 4.78 is 0. The molecule has 0 bridgehead atoms. The van der Waals surface area contributed by atoms with Gasteiger partial charge in [-0.05, 0) is 42.0 Å². The second kappa shape index (κ2) is 10.4. The highest BCUT2D eigenvalue weighted by molar-refractivity contribution is 6.98. The van der Waals surface area contributed by atoms with Gasteiger partial charge in [-0.25, -0.2) is 0 Å². The maximum atomic E-state index is 2.59. The number of hydrogen-bond donors (Lipinski definition) is 0. The second-order valence-corrected chi connectivity index (χ2v) is 12.8. The average molecular weight is 357 g/mol. The normalized spacial score (nSPS) is 15.7. The van der Waals surface area contributed by atoms with Crippen LogP contribution in [-0.4, -0.2) is 8.07 Å². The molecule has 1 aromatic carbocycles. The lowest BCUT2D eigenvalue weighted by Crippen LogP contribution is -2.41. The minimum Gasteiger partial charge on any atom is -0.0723 e. The average Bonchev–Trinajstić information content (AvgIpc) is 2.82. The molecule has 0 fully saturated rings. The summed E-state index contributed by atoms with van der Waals surface area (Å²) in [7, 11) is -1.42. The topological polar surface area (TPSA) is 0 Å². The van der Waals surface area contributed by atoms with Crippen LogP contribution in [0.15, 0.2) is 29.5 Å². The van der Waals surface area contributed by atoms with E-state index in [1.54, 1.807) is 16.3 Å². The molecule has 1 heteroatoms. The maximum Gasteiger partial charge on any atom is 0.108 e. The van der Waals surface area contributed by atoms with Gasteiger partial charge in [-0.3, -0.25) is 0 Å². The molecule has 0 saturated heterocycles. The molecule has 140 valence electrons. The van der Waals surface area contributed by atoms with Crippen LogP contribution in [0.3, 0.4) is 0 Å². The molecule has 0 nitrogen and oxygen atoms in total. The van der Waals surface area contributed by atoms with E-state index in [-0.39, 0.29) is 0 Å². The van der Waals surface area contributed by atoms with Crippen LogP contribution in [0, 0.1) is 0 Å². The van der Waals surface area contributed by atoms with Crippen LogP contribution in [0.25, 0.3) is 5.57 Å². The summed E-state index contributed by atoms with van der Waals surface area (Å²) in [6, 6.07) is 9.36. The van der Waals surface area contributed by atoms with Crippen molar-refractivity contribution in [1.82, 2.24) is 0 Å². The molecule has 1 aromatic rings. The van der Waals surface area contributed by atoms with Crippen molar-refractivity contribution in [2.24, 2.45) is 0 Å². The predicted octanol–water partition coefficient (Wildman–Crippen LogP) is 7.63. The first-order valence-corrected chi connectivity index (χ1v) is 13.9. The van der Waals surface area contributed by atoms with Crippen molar-refractivity contribution in [2.75, 3.05) is 0 Å². The first-order chi connectivity index (χ1) is 12.1. The van der Waals surface area contributed by atoms with E-state index in [4.69, 9.17) is 0 Å². The van der Waals surface area contributed by atoms with Crippen LogP contribution in [0.1, 0.15) is 96.5 Å². The Kier molecular flexibility index (Phi) is 8.49. The number of allylic oxidation sites excluding steroid dienone is 2. The molecule has 0 N–H and O–H groups in total. The fourth-order valence-corrected chi connectivity index (χ4v) is 8.11. The zero-order valence-electron chi connectivity index (χ0n) is 17.3. The van der Waals surface area contributed by atoms with E-state index in [1.165, 1.54) is 77.0 Å². The summed E-state index contributed by atoms with van der Waals surface area (Å²) in [6.07, 6.45) is 16.6. The third-order valence-electron chi connectivity index (χ3n) is 6.10. The monoisotopic (exact) mass is 356 g/mol. The van der Waals surface area contributed by atoms with E-state index >= 15 is 0 Å². The highest BCUT2D eigenvalue weighted by Gasteiger charge is 2.38. The van der Waals surface area contributed by atoms with Crippen molar-refractivity contribution in [1.29, 1.82) is 0 Å². The van der Waals surface area contributed by atoms with E-state index in [1.807, 2.05) is 5.20 Å². The minimum atomic E-state index is -1.42. The molecule has 25 heavy (non-hydrogen) atoms. The lowest BCUT2D eigenvalue weighted by atomic mass is 9.97. The van der Waals surface area contributed by atoms with Gasteiger partial charge in [0.25, 0.3) is 0 Å². The van der Waals surface area contributed by atoms with Gasteiger partial charge in [0, 0.05) is 0 Å². The molecule has 0 amide bonds. The van der Waals surface area contributed by atoms with Crippen LogP contribution < -0.4 is 5.19 Å². The molecule has 0 unspecified atom stereocenters. The standard InChI is InChI=1S/C24H40Si/c1-5-7-9-11-13-17-21-22-18-15-16-20-24(22)25(3,4)23(21)19-14-12-10-8-6-2/h15-16,18,20H,5-14,17,19H2,1-4H3. The van der Waals surface area contributed by atoms with Crippen molar-refractivity contribution >= 4 is 18.8 Å². The zero-order valence-corrected chi connectivity index (χ0v) is 18.3. The molecule has 0 radical (unpaired) electrons. The van der Waals surface area contributed by atoms with E-state index < -0.39 is 8.07 Å². The van der Waals surface area contributed by atoms with Crippen LogP contribution in [-0.2, 0) is 0 Å². The summed E-state index contributed by atoms with van der Waals surface area (Å²) in [5, 5.41) is 3.60. The van der Waals surface area contributed by atoms with Crippen LogP contribution >= 0.6 is 0 Å². The van der Waals surface area contributed by atoms with Gasteiger partial charge in [0.05, 0.1) is 0 Å². The van der Waals surface area contributed by atoms with E-state index in [2.05, 4.69) is 51.2 Å². The number of fused-ring (bicyclic) bond motifs is 1. The Hall–Kier alpha value is -0.823. The molecule has 0 aliphatic carbocycles. The van der Waals surface area contributed by atoms with Crippen molar-refractivity contribution in [3.8, 4) is 0 Å². The lowest BCUT2D eigenvalue weighted by molar-refractivity contribution is 0.631. The molecule has 1 aliphatic rings. The van der Waals surface area contributed by atoms with Crippen LogP contribution in [0.5, 0.6) is 0 Å². The Labute approximate surface area is 158 Å². The van der Waals surface area contributed by atoms with Crippen molar-refractivity contribution in [3.63, 3.8) is 0 Å². The van der Waals surface area contributed by atoms with Gasteiger partial charge < -0.3 is 0 Å². The number of hydrogen-bond acceptors (Lipinski definition) is 0. The first kappa shape index (κ1) is 20.5. The molecule has 1 aliphatic heterocycles. The van der Waals surface area contributed by atoms with Gasteiger partial charge in [-0.2, -0.15) is 0 Å². The Morgan fingerprint density at radius 2 is 1.24 bits per heavy atom. The van der Waals surface area contributed by atoms with Crippen molar-refractivity contribution in [3.05, 3.63) is 35.0 Å². The lowest BCUT2D eigenvalue weighted by Gasteiger charge is -2.23. The number of rotatable bonds is 12. The molecule has 0 spiro atoms. The Morgan fingerprint density at radius 1 is 0.680 bits per heavy atom. The van der Waals surface area contributed by atoms with Crippen LogP contribution in [0.4, 0.5) is 0 Å². The summed E-state index contributed by atoms with van der Waals surface area (Å²) in [5.74, 6) is 0. The third kappa shape index (κ3) is 5.33. The summed E-state index contributed by atoms with van der Waals surface area (Å²) in [5.41, 5.74) is 3.39. The molecular formula is C24H40Si. The molecule has 2 rings (SSSR count). The van der Waals surface area contributed by atoms with E-state index in [0.29, 0.717) is 0 Å². The van der Waals surface area contributed by atoms with Crippen molar-refractivity contribution in [2.45, 2.75) is 104 Å². The number of unbranched alkanes of at least 4 members (excludes halogenated alkanes) is 8. The molecule has 0 atom stereocenters. The maximum absolute atomic E-state index is 2.59. The SMILES string of the molecule is CCCCCCCC1=C(CCCCCCC)[Si](C)(C)c2ccccc21. The van der Waals surface area contributed by atoms with Gasteiger partial charge in [-0.15, -0.1) is 0 Å². The van der Waals surface area contributed by atoms with Crippen LogP contribution in [0.2, 0.25) is 13.1 Å². The van der Waals surface area contributed by atoms with E-state index in [0.717, 1.165) is 0 Å². The molecule has 1 heterocycles. The largest absolute Gasteiger partial charge is 0.108 e. The molecular weight excluding hydrogens is 316 g/mol. The fraction of sp³-hybridized carbons (Fsp3) is 0.667. The third-order valence-corrected chi connectivity index (χ3v) is 9.95. The summed E-state index contributed by atoms with van der Waals surface area (Å²) in [6.45, 7) is 9.80. The Bertz CT molecular complexity index is 553. The summed E-state index contributed by atoms with van der Waals surface area (Å²) >= 11 is 0. The second-order valence-electron chi connectivity index (χ2n) is 8.46. The van der Waals surface area contributed by atoms with Gasteiger partial charge in [-0.1, -0.05) is 108 Å². The summed E-state index contributed by atoms with van der Waals surface area (Å²) in [4.78, 5) is 0. The molecule has 0 saturated carbocycles. The van der Waals surface area contributed by atoms with Gasteiger partial charge in [0.1, 0.15) is 8.07 Å². The highest BCUT2D eigenvalue weighted by Crippen LogP contribution is 2.39. The Balaban J connectivity index is 2.08. The fourth-order valence-electron chi connectivity index (χ4n) is 4.55. The van der Waals surface area contributed by atoms with Gasteiger partial charge in [0.2, 0.25) is 0 Å². The number of benzene rings is 1. The first-order valence-electron chi connectivity index (χ1n) is 10.9. The van der Waals surface area contributed by atoms with Gasteiger partial charge in [0.15, 0.2) is 0 Å². The van der Waals surface area contributed by atoms with E-state index in [9.17, 15) is 0 Å². The smallest absolute Gasteiger partial charge is 0.0723 e. The Morgan fingerprint density at radius 3 is 1.88 bits per heavy atom. The van der Waals surface area contributed by atoms with Crippen molar-refractivity contribution < 1.29 is 0 Å². The predicted molar refractivity (Wildman–Crippen MR) is 117 cm³/mol. The quantitative estimate of drug-likeness (QED) is 0.267. The highest BCUT2D eigenvalue weighted by atomic mass is 28.3. The van der Waals surface area contributed by atoms with Gasteiger partial charge >= 0.3 is 0 Å². The zero-order chi connectivity index (χ0) is 18.1. The molecule has 0 aromatic heterocycles. The minimum absolute atomic E-state index is 1.32.